The zero-order valence-electron chi connectivity index (χ0n) is 11.7. The molecule has 2 rings (SSSR count). The minimum Gasteiger partial charge on any atom is -0.464 e. The third-order valence-electron chi connectivity index (χ3n) is 3.51. The second-order valence-corrected chi connectivity index (χ2v) is 5.62. The van der Waals surface area contributed by atoms with Crippen LogP contribution in [0.5, 0.6) is 0 Å². The lowest BCUT2D eigenvalue weighted by Gasteiger charge is -2.21. The highest BCUT2D eigenvalue weighted by Gasteiger charge is 2.31. The number of hydrogen-bond acceptors (Lipinski definition) is 4. The van der Waals surface area contributed by atoms with Crippen LogP contribution in [0.3, 0.4) is 0 Å². The fraction of sp³-hybridized carbons (Fsp3) is 0.467. The van der Waals surface area contributed by atoms with Crippen LogP contribution in [0.4, 0.5) is 0 Å². The number of ether oxygens (including phenoxy) is 1. The SMILES string of the molecule is COC(=O)/C(=N\OC1(C)CCCC1)c1ccc(Cl)cc1. The topological polar surface area (TPSA) is 47.9 Å². The van der Waals surface area contributed by atoms with Crippen LogP contribution in [0.2, 0.25) is 5.02 Å². The molecule has 0 unspecified atom stereocenters. The fourth-order valence-corrected chi connectivity index (χ4v) is 2.41. The van der Waals surface area contributed by atoms with Crippen LogP contribution in [0.25, 0.3) is 0 Å². The van der Waals surface area contributed by atoms with E-state index in [2.05, 4.69) is 5.16 Å². The first kappa shape index (κ1) is 14.9. The van der Waals surface area contributed by atoms with E-state index in [0.717, 1.165) is 25.7 Å². The van der Waals surface area contributed by atoms with Gasteiger partial charge in [0.2, 0.25) is 0 Å². The number of carbonyl (C=O) groups excluding carboxylic acids is 1. The van der Waals surface area contributed by atoms with Gasteiger partial charge in [-0.2, -0.15) is 0 Å². The summed E-state index contributed by atoms with van der Waals surface area (Å²) in [6.45, 7) is 2.01. The normalized spacial score (nSPS) is 17.9. The van der Waals surface area contributed by atoms with E-state index >= 15 is 0 Å². The molecular weight excluding hydrogens is 278 g/mol. The van der Waals surface area contributed by atoms with Crippen molar-refractivity contribution in [1.29, 1.82) is 0 Å². The average molecular weight is 296 g/mol. The first-order valence-electron chi connectivity index (χ1n) is 6.64. The molecule has 1 saturated carbocycles. The highest BCUT2D eigenvalue weighted by molar-refractivity contribution is 6.43. The lowest BCUT2D eigenvalue weighted by atomic mass is 10.1. The number of carbonyl (C=O) groups is 1. The molecular formula is C15H18ClNO3. The van der Waals surface area contributed by atoms with Gasteiger partial charge in [-0.3, -0.25) is 0 Å². The van der Waals surface area contributed by atoms with Crippen molar-refractivity contribution in [2.24, 2.45) is 5.16 Å². The first-order valence-corrected chi connectivity index (χ1v) is 7.02. The summed E-state index contributed by atoms with van der Waals surface area (Å²) in [6.07, 6.45) is 4.15. The minimum absolute atomic E-state index is 0.164. The molecule has 0 amide bonds. The molecule has 0 radical (unpaired) electrons. The maximum Gasteiger partial charge on any atom is 0.360 e. The molecule has 0 saturated heterocycles. The van der Waals surface area contributed by atoms with Gasteiger partial charge in [0, 0.05) is 10.6 Å². The molecule has 0 aliphatic heterocycles. The van der Waals surface area contributed by atoms with Crippen LogP contribution >= 0.6 is 11.6 Å². The van der Waals surface area contributed by atoms with Gasteiger partial charge < -0.3 is 9.57 Å². The zero-order valence-corrected chi connectivity index (χ0v) is 12.4. The molecule has 0 spiro atoms. The highest BCUT2D eigenvalue weighted by Crippen LogP contribution is 2.32. The van der Waals surface area contributed by atoms with E-state index in [0.29, 0.717) is 10.6 Å². The molecule has 1 fully saturated rings. The monoisotopic (exact) mass is 295 g/mol. The van der Waals surface area contributed by atoms with Crippen LogP contribution in [0, 0.1) is 0 Å². The van der Waals surface area contributed by atoms with Crippen molar-refractivity contribution in [1.82, 2.24) is 0 Å². The molecule has 1 aromatic carbocycles. The Morgan fingerprint density at radius 1 is 1.25 bits per heavy atom. The number of methoxy groups -OCH3 is 1. The number of hydrogen-bond donors (Lipinski definition) is 0. The smallest absolute Gasteiger partial charge is 0.360 e. The van der Waals surface area contributed by atoms with E-state index in [4.69, 9.17) is 21.2 Å². The van der Waals surface area contributed by atoms with Crippen molar-refractivity contribution in [3.05, 3.63) is 34.9 Å². The van der Waals surface area contributed by atoms with Gasteiger partial charge in [-0.05, 0) is 44.7 Å². The van der Waals surface area contributed by atoms with Crippen LogP contribution in [0.1, 0.15) is 38.2 Å². The number of halogens is 1. The van der Waals surface area contributed by atoms with Crippen molar-refractivity contribution in [3.8, 4) is 0 Å². The standard InChI is InChI=1S/C15H18ClNO3/c1-15(9-3-4-10-15)20-17-13(14(18)19-2)11-5-7-12(16)8-6-11/h5-8H,3-4,9-10H2,1-2H3/b17-13-. The van der Waals surface area contributed by atoms with Crippen molar-refractivity contribution in [2.45, 2.75) is 38.2 Å². The summed E-state index contributed by atoms with van der Waals surface area (Å²) >= 11 is 5.85. The molecule has 0 aromatic heterocycles. The number of nitrogens with zero attached hydrogens (tertiary/aromatic N) is 1. The third-order valence-corrected chi connectivity index (χ3v) is 3.77. The van der Waals surface area contributed by atoms with Crippen molar-refractivity contribution in [2.75, 3.05) is 7.11 Å². The van der Waals surface area contributed by atoms with Gasteiger partial charge in [-0.15, -0.1) is 0 Å². The first-order chi connectivity index (χ1) is 9.54. The third kappa shape index (κ3) is 3.51. The molecule has 0 heterocycles. The zero-order chi connectivity index (χ0) is 14.6. The van der Waals surface area contributed by atoms with E-state index in [1.54, 1.807) is 24.3 Å². The predicted octanol–water partition coefficient (Wildman–Crippen LogP) is 3.57. The number of rotatable bonds is 4. The van der Waals surface area contributed by atoms with E-state index in [1.165, 1.54) is 7.11 Å². The number of esters is 1. The molecule has 1 aromatic rings. The Morgan fingerprint density at radius 3 is 2.40 bits per heavy atom. The maximum absolute atomic E-state index is 11.8. The number of benzene rings is 1. The van der Waals surface area contributed by atoms with Gasteiger partial charge in [-0.1, -0.05) is 28.9 Å². The van der Waals surface area contributed by atoms with Crippen molar-refractivity contribution >= 4 is 23.3 Å². The molecule has 1 aliphatic rings. The van der Waals surface area contributed by atoms with Crippen LogP contribution in [-0.2, 0) is 14.4 Å². The Bertz CT molecular complexity index is 504. The highest BCUT2D eigenvalue weighted by atomic mass is 35.5. The molecule has 1 aliphatic carbocycles. The fourth-order valence-electron chi connectivity index (χ4n) is 2.28. The Morgan fingerprint density at radius 2 is 1.85 bits per heavy atom. The molecule has 4 nitrogen and oxygen atoms in total. The van der Waals surface area contributed by atoms with Gasteiger partial charge in [0.25, 0.3) is 0 Å². The summed E-state index contributed by atoms with van der Waals surface area (Å²) in [5.74, 6) is -0.520. The Kier molecular flexibility index (Phi) is 4.65. The van der Waals surface area contributed by atoms with E-state index in [-0.39, 0.29) is 11.3 Å². The van der Waals surface area contributed by atoms with Gasteiger partial charge >= 0.3 is 5.97 Å². The molecule has 0 atom stereocenters. The predicted molar refractivity (Wildman–Crippen MR) is 78.0 cm³/mol. The number of oxime groups is 1. The lowest BCUT2D eigenvalue weighted by molar-refractivity contribution is -0.133. The second-order valence-electron chi connectivity index (χ2n) is 5.19. The Labute approximate surface area is 123 Å². The van der Waals surface area contributed by atoms with E-state index < -0.39 is 5.97 Å². The van der Waals surface area contributed by atoms with Crippen molar-refractivity contribution < 1.29 is 14.4 Å². The Balaban J connectivity index is 2.23. The Hall–Kier alpha value is -1.55. The quantitative estimate of drug-likeness (QED) is 0.485. The maximum atomic E-state index is 11.8. The van der Waals surface area contributed by atoms with E-state index in [1.807, 2.05) is 6.92 Å². The second kappa shape index (κ2) is 6.27. The summed E-state index contributed by atoms with van der Waals surface area (Å²) in [5, 5.41) is 4.65. The minimum atomic E-state index is -0.520. The van der Waals surface area contributed by atoms with Crippen LogP contribution in [-0.4, -0.2) is 24.4 Å². The molecule has 5 heteroatoms. The van der Waals surface area contributed by atoms with Crippen LogP contribution < -0.4 is 0 Å². The summed E-state index contributed by atoms with van der Waals surface area (Å²) in [6, 6.07) is 6.84. The molecule has 20 heavy (non-hydrogen) atoms. The summed E-state index contributed by atoms with van der Waals surface area (Å²) < 4.78 is 4.76. The summed E-state index contributed by atoms with van der Waals surface area (Å²) in [7, 11) is 1.32. The summed E-state index contributed by atoms with van der Waals surface area (Å²) in [4.78, 5) is 17.5. The average Bonchev–Trinajstić information content (AvgIpc) is 2.87. The van der Waals surface area contributed by atoms with Gasteiger partial charge in [0.15, 0.2) is 5.71 Å². The molecule has 108 valence electrons. The van der Waals surface area contributed by atoms with Gasteiger partial charge in [0.1, 0.15) is 5.60 Å². The lowest BCUT2D eigenvalue weighted by Crippen LogP contribution is -2.25. The largest absolute Gasteiger partial charge is 0.464 e. The van der Waals surface area contributed by atoms with Gasteiger partial charge in [-0.25, -0.2) is 4.79 Å². The van der Waals surface area contributed by atoms with Gasteiger partial charge in [0.05, 0.1) is 7.11 Å². The van der Waals surface area contributed by atoms with Crippen LogP contribution in [0.15, 0.2) is 29.4 Å². The van der Waals surface area contributed by atoms with Crippen molar-refractivity contribution in [3.63, 3.8) is 0 Å². The summed E-state index contributed by atoms with van der Waals surface area (Å²) in [5.41, 5.74) is 0.506. The molecule has 0 bridgehead atoms. The molecule has 0 N–H and O–H groups in total. The van der Waals surface area contributed by atoms with E-state index in [9.17, 15) is 4.79 Å².